The minimum absolute atomic E-state index is 0.322. The average Bonchev–Trinajstić information content (AvgIpc) is 3.27. The molecule has 1 aromatic heterocycles. The highest BCUT2D eigenvalue weighted by molar-refractivity contribution is 7.86. The van der Waals surface area contributed by atoms with Gasteiger partial charge in [0.05, 0.1) is 0 Å². The van der Waals surface area contributed by atoms with Crippen molar-refractivity contribution >= 4 is 23.1 Å². The molecule has 0 amide bonds. The van der Waals surface area contributed by atoms with Gasteiger partial charge in [-0.2, -0.15) is 0 Å². The summed E-state index contributed by atoms with van der Waals surface area (Å²) in [5, 5.41) is 2.49. The third-order valence-corrected chi connectivity index (χ3v) is 10.2. The van der Waals surface area contributed by atoms with Crippen molar-refractivity contribution in [3.8, 4) is 45.3 Å². The average molecular weight is 526 g/mol. The topological polar surface area (TPSA) is 55.7 Å². The van der Waals surface area contributed by atoms with Gasteiger partial charge in [0.25, 0.3) is 0 Å². The second-order valence-electron chi connectivity index (χ2n) is 9.37. The first kappa shape index (κ1) is 23.4. The van der Waals surface area contributed by atoms with E-state index in [4.69, 9.17) is 9.97 Å². The first-order valence-corrected chi connectivity index (χ1v) is 14.3. The Morgan fingerprint density at radius 2 is 0.872 bits per heavy atom. The van der Waals surface area contributed by atoms with E-state index in [9.17, 15) is 8.96 Å². The summed E-state index contributed by atoms with van der Waals surface area (Å²) in [6, 6.07) is 39.3. The predicted octanol–water partition coefficient (Wildman–Crippen LogP) is 6.63. The van der Waals surface area contributed by atoms with Crippen LogP contribution in [0.4, 0.5) is 4.39 Å². The van der Waals surface area contributed by atoms with Crippen LogP contribution in [0.15, 0.2) is 127 Å². The number of fused-ring (bicyclic) bond motifs is 3. The zero-order valence-corrected chi connectivity index (χ0v) is 21.6. The number of halogens is 1. The molecule has 0 fully saturated rings. The van der Waals surface area contributed by atoms with Crippen LogP contribution in [0.5, 0.6) is 0 Å². The molecular weight excluding hydrogens is 504 g/mol. The monoisotopic (exact) mass is 525 g/mol. The van der Waals surface area contributed by atoms with Crippen LogP contribution < -0.4 is 15.9 Å². The van der Waals surface area contributed by atoms with Crippen LogP contribution in [0.1, 0.15) is 0 Å². The molecule has 2 heterocycles. The molecular formula is C33H21FN3OP. The van der Waals surface area contributed by atoms with E-state index < -0.39 is 7.14 Å². The van der Waals surface area contributed by atoms with E-state index in [0.29, 0.717) is 23.0 Å². The number of hydrogen-bond acceptors (Lipinski definition) is 4. The van der Waals surface area contributed by atoms with Gasteiger partial charge in [-0.25, -0.2) is 19.3 Å². The highest BCUT2D eigenvalue weighted by atomic mass is 31.2. The van der Waals surface area contributed by atoms with Crippen LogP contribution in [0.2, 0.25) is 0 Å². The summed E-state index contributed by atoms with van der Waals surface area (Å²) in [5.74, 6) is 1.14. The summed E-state index contributed by atoms with van der Waals surface area (Å²) in [6.07, 6.45) is 0. The standard InChI is InChI=1S/C33H21FN3OP/c34-25-18-14-23(15-19-25)32-35-31(22-8-2-1-3-9-22)36-33(37-32)24-16-20-26(21-17-24)39(38)29-12-6-4-10-27(29)28-11-5-7-13-30(28)39/h1-21H. The van der Waals surface area contributed by atoms with Crippen molar-refractivity contribution in [3.63, 3.8) is 0 Å². The van der Waals surface area contributed by atoms with Crippen LogP contribution in [0.3, 0.4) is 0 Å². The molecule has 0 unspecified atom stereocenters. The van der Waals surface area contributed by atoms with Gasteiger partial charge in [0, 0.05) is 32.6 Å². The molecule has 6 heteroatoms. The molecule has 0 saturated carbocycles. The van der Waals surface area contributed by atoms with E-state index >= 15 is 0 Å². The van der Waals surface area contributed by atoms with Gasteiger partial charge in [-0.05, 0) is 35.4 Å². The van der Waals surface area contributed by atoms with Crippen LogP contribution in [-0.2, 0) is 4.57 Å². The molecule has 0 bridgehead atoms. The zero-order chi connectivity index (χ0) is 26.4. The van der Waals surface area contributed by atoms with E-state index in [-0.39, 0.29) is 5.82 Å². The van der Waals surface area contributed by atoms with Crippen LogP contribution in [0, 0.1) is 5.82 Å². The summed E-state index contributed by atoms with van der Waals surface area (Å²) in [5.41, 5.74) is 4.36. The van der Waals surface area contributed by atoms with Gasteiger partial charge in [-0.1, -0.05) is 103 Å². The third kappa shape index (κ3) is 3.91. The maximum absolute atomic E-state index is 14.7. The van der Waals surface area contributed by atoms with Crippen molar-refractivity contribution in [3.05, 3.63) is 133 Å². The molecule has 0 aliphatic carbocycles. The summed E-state index contributed by atoms with van der Waals surface area (Å²) < 4.78 is 28.3. The summed E-state index contributed by atoms with van der Waals surface area (Å²) in [4.78, 5) is 14.2. The fraction of sp³-hybridized carbons (Fsp3) is 0. The fourth-order valence-electron chi connectivity index (χ4n) is 5.13. The maximum Gasteiger partial charge on any atom is 0.172 e. The van der Waals surface area contributed by atoms with E-state index in [1.807, 2.05) is 103 Å². The Hall–Kier alpha value is -4.73. The second-order valence-corrected chi connectivity index (χ2v) is 12.1. The largest absolute Gasteiger partial charge is 0.309 e. The van der Waals surface area contributed by atoms with Crippen molar-refractivity contribution in [1.82, 2.24) is 15.0 Å². The molecule has 0 radical (unpaired) electrons. The van der Waals surface area contributed by atoms with Gasteiger partial charge >= 0.3 is 0 Å². The van der Waals surface area contributed by atoms with Crippen molar-refractivity contribution in [2.75, 3.05) is 0 Å². The molecule has 4 nitrogen and oxygen atoms in total. The van der Waals surface area contributed by atoms with Gasteiger partial charge in [-0.3, -0.25) is 0 Å². The Morgan fingerprint density at radius 3 is 1.38 bits per heavy atom. The van der Waals surface area contributed by atoms with Crippen molar-refractivity contribution in [2.45, 2.75) is 0 Å². The number of hydrogen-bond donors (Lipinski definition) is 0. The Morgan fingerprint density at radius 1 is 0.462 bits per heavy atom. The highest BCUT2D eigenvalue weighted by Crippen LogP contribution is 2.52. The first-order valence-electron chi connectivity index (χ1n) is 12.6. The Bertz CT molecular complexity index is 1840. The number of aromatic nitrogens is 3. The minimum Gasteiger partial charge on any atom is -0.309 e. The lowest BCUT2D eigenvalue weighted by molar-refractivity contribution is 0.593. The van der Waals surface area contributed by atoms with Gasteiger partial charge < -0.3 is 4.57 Å². The number of nitrogens with zero attached hydrogens (tertiary/aromatic N) is 3. The van der Waals surface area contributed by atoms with Gasteiger partial charge in [-0.15, -0.1) is 0 Å². The predicted molar refractivity (Wildman–Crippen MR) is 154 cm³/mol. The maximum atomic E-state index is 14.7. The molecule has 0 saturated heterocycles. The van der Waals surface area contributed by atoms with Crippen LogP contribution >= 0.6 is 7.14 Å². The lowest BCUT2D eigenvalue weighted by Gasteiger charge is -2.16. The quantitative estimate of drug-likeness (QED) is 0.242. The molecule has 1 aliphatic rings. The molecule has 0 atom stereocenters. The summed E-state index contributed by atoms with van der Waals surface area (Å²) in [7, 11) is -3.02. The molecule has 0 spiro atoms. The van der Waals surface area contributed by atoms with E-state index in [1.165, 1.54) is 12.1 Å². The Kier molecular flexibility index (Phi) is 5.54. The lowest BCUT2D eigenvalue weighted by atomic mass is 10.1. The summed E-state index contributed by atoms with van der Waals surface area (Å²) in [6.45, 7) is 0. The smallest absolute Gasteiger partial charge is 0.172 e. The van der Waals surface area contributed by atoms with E-state index in [2.05, 4.69) is 4.98 Å². The van der Waals surface area contributed by atoms with Gasteiger partial charge in [0.15, 0.2) is 24.6 Å². The van der Waals surface area contributed by atoms with Gasteiger partial charge in [0.1, 0.15) is 5.82 Å². The van der Waals surface area contributed by atoms with Crippen molar-refractivity contribution < 1.29 is 8.96 Å². The zero-order valence-electron chi connectivity index (χ0n) is 20.7. The van der Waals surface area contributed by atoms with Crippen LogP contribution in [-0.4, -0.2) is 15.0 Å². The lowest BCUT2D eigenvalue weighted by Crippen LogP contribution is -2.20. The fourth-order valence-corrected chi connectivity index (χ4v) is 8.18. The molecule has 1 aliphatic heterocycles. The second kappa shape index (κ2) is 9.23. The first-order chi connectivity index (χ1) is 19.1. The Balaban J connectivity index is 1.35. The Labute approximate surface area is 225 Å². The normalized spacial score (nSPS) is 13.1. The summed E-state index contributed by atoms with van der Waals surface area (Å²) >= 11 is 0. The molecule has 0 N–H and O–H groups in total. The molecule has 186 valence electrons. The molecule has 5 aromatic carbocycles. The molecule has 6 aromatic rings. The number of benzene rings is 5. The van der Waals surface area contributed by atoms with Crippen molar-refractivity contribution in [1.29, 1.82) is 0 Å². The molecule has 7 rings (SSSR count). The van der Waals surface area contributed by atoms with Gasteiger partial charge in [0.2, 0.25) is 0 Å². The molecule has 39 heavy (non-hydrogen) atoms. The van der Waals surface area contributed by atoms with Crippen LogP contribution in [0.25, 0.3) is 45.3 Å². The number of rotatable bonds is 4. The van der Waals surface area contributed by atoms with E-state index in [1.54, 1.807) is 12.1 Å². The third-order valence-electron chi connectivity index (χ3n) is 7.04. The van der Waals surface area contributed by atoms with Crippen molar-refractivity contribution in [2.24, 2.45) is 0 Å². The SMILES string of the molecule is O=P1(c2ccc(-c3nc(-c4ccccc4)nc(-c4ccc(F)cc4)n3)cc2)c2ccccc2-c2ccccc21. The highest BCUT2D eigenvalue weighted by Gasteiger charge is 2.39. The van der Waals surface area contributed by atoms with E-state index in [0.717, 1.165) is 38.2 Å². The minimum atomic E-state index is -3.02.